The fraction of sp³-hybridized carbons (Fsp3) is 0.900. The van der Waals surface area contributed by atoms with Crippen molar-refractivity contribution >= 4 is 16.0 Å². The van der Waals surface area contributed by atoms with Gasteiger partial charge in [-0.25, -0.2) is 13.1 Å². The molecule has 0 aliphatic heterocycles. The summed E-state index contributed by atoms with van der Waals surface area (Å²) in [5.41, 5.74) is 0. The molecule has 1 saturated carbocycles. The van der Waals surface area contributed by atoms with Crippen molar-refractivity contribution in [3.8, 4) is 0 Å². The highest BCUT2D eigenvalue weighted by Gasteiger charge is 2.32. The molecule has 2 atom stereocenters. The average Bonchev–Trinajstić information content (AvgIpc) is 2.48. The minimum Gasteiger partial charge on any atom is -0.481 e. The zero-order valence-corrected chi connectivity index (χ0v) is 10.5. The molecule has 6 heteroatoms. The van der Waals surface area contributed by atoms with Crippen LogP contribution in [-0.4, -0.2) is 31.3 Å². The molecule has 0 aromatic rings. The van der Waals surface area contributed by atoms with Gasteiger partial charge in [-0.3, -0.25) is 4.79 Å². The third kappa shape index (κ3) is 4.09. The second-order valence-corrected chi connectivity index (χ2v) is 6.64. The molecular weight excluding hydrogens is 230 g/mol. The lowest BCUT2D eigenvalue weighted by Gasteiger charge is -2.14. The van der Waals surface area contributed by atoms with Gasteiger partial charge in [0.05, 0.1) is 11.7 Å². The Bertz CT molecular complexity index is 350. The van der Waals surface area contributed by atoms with Crippen molar-refractivity contribution in [1.82, 2.24) is 4.72 Å². The number of rotatable bonds is 5. The molecule has 1 fully saturated rings. The van der Waals surface area contributed by atoms with E-state index in [-0.39, 0.29) is 17.7 Å². The van der Waals surface area contributed by atoms with Crippen LogP contribution in [0.1, 0.15) is 33.1 Å². The molecule has 1 rings (SSSR count). The number of aliphatic carboxylic acids is 1. The first-order chi connectivity index (χ1) is 7.30. The number of carbonyl (C=O) groups is 1. The summed E-state index contributed by atoms with van der Waals surface area (Å²) >= 11 is 0. The average molecular weight is 249 g/mol. The molecule has 16 heavy (non-hydrogen) atoms. The molecule has 0 radical (unpaired) electrons. The molecule has 0 heterocycles. The summed E-state index contributed by atoms with van der Waals surface area (Å²) < 4.78 is 25.8. The minimum absolute atomic E-state index is 0.0779. The van der Waals surface area contributed by atoms with Crippen molar-refractivity contribution in [3.05, 3.63) is 0 Å². The molecular formula is C10H19NO4S. The quantitative estimate of drug-likeness (QED) is 0.755. The maximum Gasteiger partial charge on any atom is 0.306 e. The highest BCUT2D eigenvalue weighted by atomic mass is 32.2. The van der Waals surface area contributed by atoms with Crippen LogP contribution in [0, 0.1) is 11.8 Å². The second kappa shape index (κ2) is 5.14. The molecule has 1 aliphatic carbocycles. The molecule has 1 aliphatic rings. The van der Waals surface area contributed by atoms with Crippen LogP contribution in [0.2, 0.25) is 0 Å². The SMILES string of the molecule is CC(C)CS(=O)(=O)NC1CCC(C(=O)O)C1. The topological polar surface area (TPSA) is 83.5 Å². The van der Waals surface area contributed by atoms with E-state index in [0.717, 1.165) is 0 Å². The largest absolute Gasteiger partial charge is 0.481 e. The summed E-state index contributed by atoms with van der Waals surface area (Å²) in [6.45, 7) is 3.68. The summed E-state index contributed by atoms with van der Waals surface area (Å²) in [5.74, 6) is -1.05. The van der Waals surface area contributed by atoms with E-state index >= 15 is 0 Å². The third-order valence-electron chi connectivity index (χ3n) is 2.68. The Hall–Kier alpha value is -0.620. The normalized spacial score (nSPS) is 26.2. The fourth-order valence-corrected chi connectivity index (χ4v) is 3.75. The first-order valence-corrected chi connectivity index (χ1v) is 7.18. The monoisotopic (exact) mass is 249 g/mol. The number of sulfonamides is 1. The summed E-state index contributed by atoms with van der Waals surface area (Å²) in [6, 6.07) is -0.204. The highest BCUT2D eigenvalue weighted by Crippen LogP contribution is 2.26. The predicted molar refractivity (Wildman–Crippen MR) is 60.5 cm³/mol. The van der Waals surface area contributed by atoms with E-state index in [2.05, 4.69) is 4.72 Å². The van der Waals surface area contributed by atoms with Gasteiger partial charge >= 0.3 is 5.97 Å². The van der Waals surface area contributed by atoms with Crippen molar-refractivity contribution in [1.29, 1.82) is 0 Å². The van der Waals surface area contributed by atoms with Crippen molar-refractivity contribution < 1.29 is 18.3 Å². The molecule has 94 valence electrons. The molecule has 5 nitrogen and oxygen atoms in total. The molecule has 0 aromatic carbocycles. The van der Waals surface area contributed by atoms with Crippen molar-refractivity contribution in [2.45, 2.75) is 39.2 Å². The summed E-state index contributed by atoms with van der Waals surface area (Å²) in [4.78, 5) is 10.7. The van der Waals surface area contributed by atoms with E-state index in [1.165, 1.54) is 0 Å². The van der Waals surface area contributed by atoms with E-state index in [0.29, 0.717) is 19.3 Å². The van der Waals surface area contributed by atoms with Gasteiger partial charge in [-0.05, 0) is 25.2 Å². The van der Waals surface area contributed by atoms with E-state index < -0.39 is 21.9 Å². The highest BCUT2D eigenvalue weighted by molar-refractivity contribution is 7.89. The maximum absolute atomic E-state index is 11.6. The predicted octanol–water partition coefficient (Wildman–Crippen LogP) is 0.815. The third-order valence-corrected chi connectivity index (χ3v) is 4.48. The number of carboxylic acids is 1. The van der Waals surface area contributed by atoms with Gasteiger partial charge < -0.3 is 5.11 Å². The molecule has 0 bridgehead atoms. The van der Waals surface area contributed by atoms with Crippen LogP contribution in [-0.2, 0) is 14.8 Å². The van der Waals surface area contributed by atoms with Gasteiger partial charge in [0.15, 0.2) is 0 Å². The van der Waals surface area contributed by atoms with E-state index in [9.17, 15) is 13.2 Å². The summed E-state index contributed by atoms with van der Waals surface area (Å²) in [5, 5.41) is 8.80. The van der Waals surface area contributed by atoms with Crippen molar-refractivity contribution in [2.75, 3.05) is 5.75 Å². The second-order valence-electron chi connectivity index (χ2n) is 4.84. The van der Waals surface area contributed by atoms with Gasteiger partial charge in [0.1, 0.15) is 0 Å². The van der Waals surface area contributed by atoms with E-state index in [1.54, 1.807) is 0 Å². The molecule has 2 unspecified atom stereocenters. The molecule has 0 spiro atoms. The van der Waals surface area contributed by atoms with Gasteiger partial charge in [-0.1, -0.05) is 13.8 Å². The number of nitrogens with one attached hydrogen (secondary N) is 1. The van der Waals surface area contributed by atoms with Crippen LogP contribution in [0.5, 0.6) is 0 Å². The lowest BCUT2D eigenvalue weighted by Crippen LogP contribution is -2.36. The minimum atomic E-state index is -3.26. The number of carboxylic acid groups (broad SMARTS) is 1. The van der Waals surface area contributed by atoms with Crippen LogP contribution >= 0.6 is 0 Å². The Morgan fingerprint density at radius 2 is 2.06 bits per heavy atom. The van der Waals surface area contributed by atoms with Crippen molar-refractivity contribution in [2.24, 2.45) is 11.8 Å². The van der Waals surface area contributed by atoms with Crippen molar-refractivity contribution in [3.63, 3.8) is 0 Å². The molecule has 0 aromatic heterocycles. The first-order valence-electron chi connectivity index (χ1n) is 5.53. The lowest BCUT2D eigenvalue weighted by molar-refractivity contribution is -0.141. The number of hydrogen-bond acceptors (Lipinski definition) is 3. The Balaban J connectivity index is 2.48. The lowest BCUT2D eigenvalue weighted by atomic mass is 10.1. The van der Waals surface area contributed by atoms with Gasteiger partial charge in [0.25, 0.3) is 0 Å². The standard InChI is InChI=1S/C10H19NO4S/c1-7(2)6-16(14,15)11-9-4-3-8(5-9)10(12)13/h7-9,11H,3-6H2,1-2H3,(H,12,13). The van der Waals surface area contributed by atoms with E-state index in [4.69, 9.17) is 5.11 Å². The van der Waals surface area contributed by atoms with Crippen LogP contribution < -0.4 is 4.72 Å². The Morgan fingerprint density at radius 1 is 1.44 bits per heavy atom. The van der Waals surface area contributed by atoms with Crippen LogP contribution in [0.15, 0.2) is 0 Å². The van der Waals surface area contributed by atoms with Crippen LogP contribution in [0.3, 0.4) is 0 Å². The van der Waals surface area contributed by atoms with Gasteiger partial charge in [0.2, 0.25) is 10.0 Å². The molecule has 2 N–H and O–H groups in total. The summed E-state index contributed by atoms with van der Waals surface area (Å²) in [7, 11) is -3.26. The Morgan fingerprint density at radius 3 is 2.50 bits per heavy atom. The van der Waals surface area contributed by atoms with Gasteiger partial charge in [0, 0.05) is 6.04 Å². The van der Waals surface area contributed by atoms with Gasteiger partial charge in [-0.2, -0.15) is 0 Å². The number of hydrogen-bond donors (Lipinski definition) is 2. The smallest absolute Gasteiger partial charge is 0.306 e. The maximum atomic E-state index is 11.6. The summed E-state index contributed by atoms with van der Waals surface area (Å²) in [6.07, 6.45) is 1.59. The zero-order valence-electron chi connectivity index (χ0n) is 9.64. The van der Waals surface area contributed by atoms with Gasteiger partial charge in [-0.15, -0.1) is 0 Å². The van der Waals surface area contributed by atoms with E-state index in [1.807, 2.05) is 13.8 Å². The zero-order chi connectivity index (χ0) is 12.3. The van der Waals surface area contributed by atoms with Crippen LogP contribution in [0.4, 0.5) is 0 Å². The van der Waals surface area contributed by atoms with Crippen LogP contribution in [0.25, 0.3) is 0 Å². The first kappa shape index (κ1) is 13.4. The Labute approximate surface area is 96.3 Å². The molecule has 0 saturated heterocycles. The molecule has 0 amide bonds. The fourth-order valence-electron chi connectivity index (χ4n) is 2.05. The Kier molecular flexibility index (Phi) is 4.32.